The molecule has 122 valence electrons. The van der Waals surface area contributed by atoms with Crippen molar-refractivity contribution in [3.8, 4) is 5.75 Å². The van der Waals surface area contributed by atoms with E-state index in [0.717, 1.165) is 44.2 Å². The fourth-order valence-corrected chi connectivity index (χ4v) is 2.87. The van der Waals surface area contributed by atoms with Gasteiger partial charge in [0.1, 0.15) is 11.4 Å². The molecule has 2 aromatic rings. The van der Waals surface area contributed by atoms with Gasteiger partial charge >= 0.3 is 0 Å². The average Bonchev–Trinajstić information content (AvgIpc) is 3.02. The van der Waals surface area contributed by atoms with Crippen LogP contribution in [-0.2, 0) is 6.54 Å². The average molecular weight is 314 g/mol. The number of nitrogens with one attached hydrogen (secondary N) is 1. The van der Waals surface area contributed by atoms with Crippen molar-refractivity contribution in [1.29, 1.82) is 0 Å². The lowest BCUT2D eigenvalue weighted by atomic mass is 10.1. The van der Waals surface area contributed by atoms with Gasteiger partial charge in [-0.25, -0.2) is 0 Å². The molecule has 0 spiro atoms. The predicted octanol–water partition coefficient (Wildman–Crippen LogP) is 1.68. The molecule has 0 aliphatic carbocycles. The number of aromatic amines is 1. The van der Waals surface area contributed by atoms with Crippen LogP contribution in [0.2, 0.25) is 0 Å². The monoisotopic (exact) mass is 314 g/mol. The highest BCUT2D eigenvalue weighted by Crippen LogP contribution is 2.20. The zero-order valence-electron chi connectivity index (χ0n) is 13.6. The number of benzene rings is 1. The molecule has 1 aliphatic rings. The number of H-pyrrole nitrogens is 1. The van der Waals surface area contributed by atoms with E-state index in [9.17, 15) is 4.79 Å². The Hall–Kier alpha value is -2.34. The molecule has 1 amide bonds. The smallest absolute Gasteiger partial charge is 0.274 e. The Bertz CT molecular complexity index is 675. The van der Waals surface area contributed by atoms with E-state index in [0.29, 0.717) is 5.69 Å². The van der Waals surface area contributed by atoms with Gasteiger partial charge in [-0.15, -0.1) is 0 Å². The number of carbonyl (C=O) groups excluding carboxylic acids is 1. The summed E-state index contributed by atoms with van der Waals surface area (Å²) >= 11 is 0. The number of amides is 1. The highest BCUT2D eigenvalue weighted by molar-refractivity contribution is 5.92. The Balaban J connectivity index is 1.57. The molecule has 0 unspecified atom stereocenters. The second kappa shape index (κ2) is 6.83. The quantitative estimate of drug-likeness (QED) is 0.933. The molecule has 6 heteroatoms. The predicted molar refractivity (Wildman–Crippen MR) is 87.5 cm³/mol. The number of piperazine rings is 1. The summed E-state index contributed by atoms with van der Waals surface area (Å²) in [4.78, 5) is 16.6. The van der Waals surface area contributed by atoms with Crippen LogP contribution in [0.4, 0.5) is 0 Å². The Morgan fingerprint density at radius 1 is 1.26 bits per heavy atom. The number of aromatic nitrogens is 2. The molecule has 0 bridgehead atoms. The van der Waals surface area contributed by atoms with E-state index in [2.05, 4.69) is 21.2 Å². The first-order valence-electron chi connectivity index (χ1n) is 7.83. The van der Waals surface area contributed by atoms with Crippen molar-refractivity contribution in [2.45, 2.75) is 13.5 Å². The lowest BCUT2D eigenvalue weighted by molar-refractivity contribution is 0.0621. The van der Waals surface area contributed by atoms with Gasteiger partial charge in [-0.05, 0) is 19.1 Å². The summed E-state index contributed by atoms with van der Waals surface area (Å²) in [5.41, 5.74) is 2.58. The Labute approximate surface area is 136 Å². The van der Waals surface area contributed by atoms with Gasteiger partial charge in [-0.3, -0.25) is 14.8 Å². The normalized spacial score (nSPS) is 15.7. The van der Waals surface area contributed by atoms with Crippen molar-refractivity contribution in [2.24, 2.45) is 0 Å². The van der Waals surface area contributed by atoms with E-state index in [1.54, 1.807) is 13.2 Å². The van der Waals surface area contributed by atoms with Crippen LogP contribution >= 0.6 is 0 Å². The Kier molecular flexibility index (Phi) is 4.62. The Morgan fingerprint density at radius 3 is 2.65 bits per heavy atom. The molecule has 1 saturated heterocycles. The van der Waals surface area contributed by atoms with Gasteiger partial charge in [0, 0.05) is 44.0 Å². The van der Waals surface area contributed by atoms with Gasteiger partial charge < -0.3 is 9.64 Å². The van der Waals surface area contributed by atoms with E-state index in [1.807, 2.05) is 30.0 Å². The van der Waals surface area contributed by atoms with Crippen LogP contribution in [-0.4, -0.2) is 59.2 Å². The molecule has 2 heterocycles. The first-order chi connectivity index (χ1) is 11.2. The maximum Gasteiger partial charge on any atom is 0.274 e. The standard InChI is InChI=1S/C17H22N4O2/c1-13-11-15(19-18-13)17(22)21-9-7-20(8-10-21)12-14-5-3-4-6-16(14)23-2/h3-6,11H,7-10,12H2,1-2H3,(H,18,19). The number of ether oxygens (including phenoxy) is 1. The number of nitrogens with zero attached hydrogens (tertiary/aromatic N) is 3. The second-order valence-corrected chi connectivity index (χ2v) is 5.82. The summed E-state index contributed by atoms with van der Waals surface area (Å²) in [5, 5.41) is 6.87. The maximum atomic E-state index is 12.4. The van der Waals surface area contributed by atoms with Crippen molar-refractivity contribution in [2.75, 3.05) is 33.3 Å². The molecule has 6 nitrogen and oxygen atoms in total. The van der Waals surface area contributed by atoms with Crippen LogP contribution in [0.3, 0.4) is 0 Å². The molecule has 1 fully saturated rings. The number of hydrogen-bond acceptors (Lipinski definition) is 4. The SMILES string of the molecule is COc1ccccc1CN1CCN(C(=O)c2cc(C)[nH]n2)CC1. The third-order valence-corrected chi connectivity index (χ3v) is 4.17. The summed E-state index contributed by atoms with van der Waals surface area (Å²) in [6.45, 7) is 5.89. The fourth-order valence-electron chi connectivity index (χ4n) is 2.87. The third-order valence-electron chi connectivity index (χ3n) is 4.17. The van der Waals surface area contributed by atoms with Crippen molar-refractivity contribution in [1.82, 2.24) is 20.0 Å². The second-order valence-electron chi connectivity index (χ2n) is 5.82. The molecular weight excluding hydrogens is 292 g/mol. The number of rotatable bonds is 4. The molecule has 1 N–H and O–H groups in total. The van der Waals surface area contributed by atoms with Gasteiger partial charge in [0.05, 0.1) is 7.11 Å². The molecular formula is C17H22N4O2. The van der Waals surface area contributed by atoms with E-state index < -0.39 is 0 Å². The van der Waals surface area contributed by atoms with Crippen LogP contribution in [0.15, 0.2) is 30.3 Å². The first kappa shape index (κ1) is 15.6. The minimum Gasteiger partial charge on any atom is -0.496 e. The topological polar surface area (TPSA) is 61.5 Å². The van der Waals surface area contributed by atoms with Crippen LogP contribution in [0, 0.1) is 6.92 Å². The number of methoxy groups -OCH3 is 1. The van der Waals surface area contributed by atoms with E-state index in [4.69, 9.17) is 4.74 Å². The van der Waals surface area contributed by atoms with Gasteiger partial charge in [-0.2, -0.15) is 5.10 Å². The van der Waals surface area contributed by atoms with Crippen molar-refractivity contribution < 1.29 is 9.53 Å². The lowest BCUT2D eigenvalue weighted by Crippen LogP contribution is -2.48. The zero-order chi connectivity index (χ0) is 16.2. The van der Waals surface area contributed by atoms with Crippen LogP contribution in [0.1, 0.15) is 21.7 Å². The largest absolute Gasteiger partial charge is 0.496 e. The number of carbonyl (C=O) groups is 1. The van der Waals surface area contributed by atoms with Crippen molar-refractivity contribution in [3.63, 3.8) is 0 Å². The molecule has 3 rings (SSSR count). The van der Waals surface area contributed by atoms with Gasteiger partial charge in [0.25, 0.3) is 5.91 Å². The lowest BCUT2D eigenvalue weighted by Gasteiger charge is -2.34. The summed E-state index contributed by atoms with van der Waals surface area (Å²) < 4.78 is 5.40. The summed E-state index contributed by atoms with van der Waals surface area (Å²) in [6.07, 6.45) is 0. The fraction of sp³-hybridized carbons (Fsp3) is 0.412. The van der Waals surface area contributed by atoms with Gasteiger partial charge in [0.15, 0.2) is 0 Å². The van der Waals surface area contributed by atoms with Crippen LogP contribution in [0.25, 0.3) is 0 Å². The van der Waals surface area contributed by atoms with E-state index in [-0.39, 0.29) is 5.91 Å². The molecule has 0 radical (unpaired) electrons. The first-order valence-corrected chi connectivity index (χ1v) is 7.83. The number of para-hydroxylation sites is 1. The van der Waals surface area contributed by atoms with E-state index >= 15 is 0 Å². The van der Waals surface area contributed by atoms with Gasteiger partial charge in [0.2, 0.25) is 0 Å². The summed E-state index contributed by atoms with van der Waals surface area (Å²) in [5.74, 6) is 0.921. The maximum absolute atomic E-state index is 12.4. The molecule has 1 aromatic heterocycles. The highest BCUT2D eigenvalue weighted by atomic mass is 16.5. The summed E-state index contributed by atoms with van der Waals surface area (Å²) in [7, 11) is 1.70. The highest BCUT2D eigenvalue weighted by Gasteiger charge is 2.24. The third kappa shape index (κ3) is 3.53. The van der Waals surface area contributed by atoms with E-state index in [1.165, 1.54) is 5.56 Å². The zero-order valence-corrected chi connectivity index (χ0v) is 13.6. The molecule has 23 heavy (non-hydrogen) atoms. The number of hydrogen-bond donors (Lipinski definition) is 1. The minimum absolute atomic E-state index is 0.00583. The Morgan fingerprint density at radius 2 is 2.00 bits per heavy atom. The molecule has 1 aromatic carbocycles. The molecule has 1 aliphatic heterocycles. The van der Waals surface area contributed by atoms with Gasteiger partial charge in [-0.1, -0.05) is 18.2 Å². The van der Waals surface area contributed by atoms with Crippen LogP contribution < -0.4 is 4.74 Å². The number of aryl methyl sites for hydroxylation is 1. The summed E-state index contributed by atoms with van der Waals surface area (Å²) in [6, 6.07) is 9.86. The van der Waals surface area contributed by atoms with Crippen molar-refractivity contribution >= 4 is 5.91 Å². The van der Waals surface area contributed by atoms with Crippen molar-refractivity contribution in [3.05, 3.63) is 47.3 Å². The molecule has 0 saturated carbocycles. The molecule has 0 atom stereocenters. The minimum atomic E-state index is 0.00583. The van der Waals surface area contributed by atoms with Crippen LogP contribution in [0.5, 0.6) is 5.75 Å².